The van der Waals surface area contributed by atoms with E-state index in [2.05, 4.69) is 0 Å². The standard InChI is InChI=1S/C19H17O2P/c1-16-12-14-17(15-13-16)21-22(20,18-8-4-2-5-9-18)19-10-6-3-7-11-19/h2-15H,1H3. The second-order valence-corrected chi connectivity index (χ2v) is 7.45. The smallest absolute Gasteiger partial charge is 0.306 e. The van der Waals surface area contributed by atoms with Crippen LogP contribution >= 0.6 is 7.37 Å². The summed E-state index contributed by atoms with van der Waals surface area (Å²) in [6.45, 7) is 2.01. The van der Waals surface area contributed by atoms with Crippen molar-refractivity contribution in [3.05, 3.63) is 90.5 Å². The van der Waals surface area contributed by atoms with Crippen LogP contribution in [0.3, 0.4) is 0 Å². The van der Waals surface area contributed by atoms with E-state index >= 15 is 0 Å². The van der Waals surface area contributed by atoms with Crippen molar-refractivity contribution in [2.45, 2.75) is 6.92 Å². The van der Waals surface area contributed by atoms with Crippen LogP contribution in [-0.2, 0) is 4.57 Å². The van der Waals surface area contributed by atoms with Gasteiger partial charge in [-0.15, -0.1) is 0 Å². The molecule has 2 nitrogen and oxygen atoms in total. The molecule has 0 fully saturated rings. The molecule has 3 aromatic rings. The Morgan fingerprint density at radius 3 is 1.59 bits per heavy atom. The summed E-state index contributed by atoms with van der Waals surface area (Å²) in [6.07, 6.45) is 0. The van der Waals surface area contributed by atoms with Crippen LogP contribution in [0.5, 0.6) is 5.75 Å². The summed E-state index contributed by atoms with van der Waals surface area (Å²) in [5, 5.41) is 1.39. The van der Waals surface area contributed by atoms with E-state index in [-0.39, 0.29) is 0 Å². The highest BCUT2D eigenvalue weighted by molar-refractivity contribution is 7.74. The zero-order chi connectivity index (χ0) is 15.4. The van der Waals surface area contributed by atoms with Crippen LogP contribution in [0.4, 0.5) is 0 Å². The van der Waals surface area contributed by atoms with Gasteiger partial charge in [-0.3, -0.25) is 4.57 Å². The van der Waals surface area contributed by atoms with Crippen molar-refractivity contribution in [2.75, 3.05) is 0 Å². The quantitative estimate of drug-likeness (QED) is 0.672. The van der Waals surface area contributed by atoms with Crippen LogP contribution in [0.25, 0.3) is 0 Å². The molecule has 0 aliphatic carbocycles. The third kappa shape index (κ3) is 2.98. The van der Waals surface area contributed by atoms with Crippen LogP contribution in [0.15, 0.2) is 84.9 Å². The van der Waals surface area contributed by atoms with E-state index in [1.54, 1.807) is 0 Å². The van der Waals surface area contributed by atoms with Crippen LogP contribution < -0.4 is 15.1 Å². The van der Waals surface area contributed by atoms with E-state index < -0.39 is 7.37 Å². The Kier molecular flexibility index (Phi) is 4.13. The fraction of sp³-hybridized carbons (Fsp3) is 0.0526. The number of hydrogen-bond donors (Lipinski definition) is 0. The van der Waals surface area contributed by atoms with E-state index in [1.165, 1.54) is 0 Å². The summed E-state index contributed by atoms with van der Waals surface area (Å²) in [5.74, 6) is 0.613. The molecular weight excluding hydrogens is 291 g/mol. The van der Waals surface area contributed by atoms with Crippen LogP contribution in [-0.4, -0.2) is 0 Å². The Morgan fingerprint density at radius 1 is 0.682 bits per heavy atom. The van der Waals surface area contributed by atoms with Crippen molar-refractivity contribution >= 4 is 18.0 Å². The minimum Gasteiger partial charge on any atom is -0.437 e. The fourth-order valence-electron chi connectivity index (χ4n) is 2.25. The lowest BCUT2D eigenvalue weighted by atomic mass is 10.2. The lowest BCUT2D eigenvalue weighted by Gasteiger charge is -2.20. The maximum atomic E-state index is 13.6. The molecule has 0 unspecified atom stereocenters. The molecule has 0 heterocycles. The molecule has 0 aliphatic rings. The van der Waals surface area contributed by atoms with Crippen molar-refractivity contribution in [2.24, 2.45) is 0 Å². The molecule has 3 rings (SSSR count). The van der Waals surface area contributed by atoms with Gasteiger partial charge in [0.1, 0.15) is 5.75 Å². The highest BCUT2D eigenvalue weighted by Gasteiger charge is 2.29. The SMILES string of the molecule is Cc1ccc(OP(=O)(c2ccccc2)c2ccccc2)cc1. The predicted octanol–water partition coefficient (Wildman–Crippen LogP) is 4.30. The molecule has 3 heteroatoms. The molecule has 0 aliphatic heterocycles. The predicted molar refractivity (Wildman–Crippen MR) is 91.6 cm³/mol. The summed E-state index contributed by atoms with van der Waals surface area (Å²) in [6, 6.07) is 26.3. The maximum Gasteiger partial charge on any atom is 0.306 e. The van der Waals surface area contributed by atoms with E-state index in [1.807, 2.05) is 91.9 Å². The first-order valence-corrected chi connectivity index (χ1v) is 8.78. The van der Waals surface area contributed by atoms with Crippen molar-refractivity contribution in [1.82, 2.24) is 0 Å². The molecule has 0 aromatic heterocycles. The van der Waals surface area contributed by atoms with Gasteiger partial charge in [0.25, 0.3) is 0 Å². The number of hydrogen-bond acceptors (Lipinski definition) is 2. The molecule has 0 radical (unpaired) electrons. The van der Waals surface area contributed by atoms with Crippen LogP contribution in [0.1, 0.15) is 5.56 Å². The zero-order valence-electron chi connectivity index (χ0n) is 12.3. The second kappa shape index (κ2) is 6.21. The van der Waals surface area contributed by atoms with Gasteiger partial charge in [-0.1, -0.05) is 54.1 Å². The lowest BCUT2D eigenvalue weighted by molar-refractivity contribution is 0.502. The summed E-state index contributed by atoms with van der Waals surface area (Å²) in [5.41, 5.74) is 1.14. The average molecular weight is 308 g/mol. The zero-order valence-corrected chi connectivity index (χ0v) is 13.2. The van der Waals surface area contributed by atoms with Gasteiger partial charge in [-0.25, -0.2) is 0 Å². The Bertz CT molecular complexity index is 737. The van der Waals surface area contributed by atoms with Crippen molar-refractivity contribution in [1.29, 1.82) is 0 Å². The largest absolute Gasteiger partial charge is 0.437 e. The van der Waals surface area contributed by atoms with Crippen LogP contribution in [0, 0.1) is 6.92 Å². The van der Waals surface area contributed by atoms with Crippen molar-refractivity contribution in [3.8, 4) is 5.75 Å². The highest BCUT2D eigenvalue weighted by Crippen LogP contribution is 2.44. The van der Waals surface area contributed by atoms with Crippen molar-refractivity contribution < 1.29 is 9.09 Å². The molecule has 0 N–H and O–H groups in total. The molecule has 110 valence electrons. The third-order valence-electron chi connectivity index (χ3n) is 3.45. The number of benzene rings is 3. The minimum atomic E-state index is -3.16. The molecule has 0 saturated heterocycles. The van der Waals surface area contributed by atoms with E-state index in [0.29, 0.717) is 16.4 Å². The number of rotatable bonds is 4. The number of aryl methyl sites for hydroxylation is 1. The molecule has 0 spiro atoms. The second-order valence-electron chi connectivity index (χ2n) is 5.13. The van der Waals surface area contributed by atoms with Gasteiger partial charge in [-0.05, 0) is 43.3 Å². The summed E-state index contributed by atoms with van der Waals surface area (Å²) < 4.78 is 19.6. The average Bonchev–Trinajstić information content (AvgIpc) is 2.58. The van der Waals surface area contributed by atoms with Gasteiger partial charge in [0.05, 0.1) is 10.6 Å². The molecular formula is C19H17O2P. The molecule has 0 bridgehead atoms. The van der Waals surface area contributed by atoms with Gasteiger partial charge in [0.15, 0.2) is 0 Å². The fourth-order valence-corrected chi connectivity index (χ4v) is 4.31. The summed E-state index contributed by atoms with van der Waals surface area (Å²) >= 11 is 0. The van der Waals surface area contributed by atoms with Gasteiger partial charge in [-0.2, -0.15) is 0 Å². The molecule has 0 amide bonds. The lowest BCUT2D eigenvalue weighted by Crippen LogP contribution is -2.19. The van der Waals surface area contributed by atoms with Gasteiger partial charge < -0.3 is 4.52 Å². The first-order valence-electron chi connectivity index (χ1n) is 7.16. The van der Waals surface area contributed by atoms with Gasteiger partial charge >= 0.3 is 7.37 Å². The maximum absolute atomic E-state index is 13.6. The minimum absolute atomic E-state index is 0.613. The van der Waals surface area contributed by atoms with E-state index in [4.69, 9.17) is 4.52 Å². The first kappa shape index (κ1) is 14.6. The molecule has 0 saturated carbocycles. The Balaban J connectivity index is 2.08. The monoisotopic (exact) mass is 308 g/mol. The normalized spacial score (nSPS) is 11.1. The molecule has 0 atom stereocenters. The summed E-state index contributed by atoms with van der Waals surface area (Å²) in [7, 11) is -3.16. The highest BCUT2D eigenvalue weighted by atomic mass is 31.2. The first-order chi connectivity index (χ1) is 10.7. The Labute approximate surface area is 130 Å². The summed E-state index contributed by atoms with van der Waals surface area (Å²) in [4.78, 5) is 0. The van der Waals surface area contributed by atoms with Gasteiger partial charge in [0.2, 0.25) is 0 Å². The van der Waals surface area contributed by atoms with Crippen LogP contribution in [0.2, 0.25) is 0 Å². The Hall–Kier alpha value is -2.31. The van der Waals surface area contributed by atoms with E-state index in [0.717, 1.165) is 5.56 Å². The third-order valence-corrected chi connectivity index (χ3v) is 5.87. The van der Waals surface area contributed by atoms with Crippen molar-refractivity contribution in [3.63, 3.8) is 0 Å². The topological polar surface area (TPSA) is 26.3 Å². The van der Waals surface area contributed by atoms with E-state index in [9.17, 15) is 4.57 Å². The molecule has 3 aromatic carbocycles. The Morgan fingerprint density at radius 2 is 1.14 bits per heavy atom. The van der Waals surface area contributed by atoms with Gasteiger partial charge in [0, 0.05) is 0 Å². The molecule has 22 heavy (non-hydrogen) atoms.